The molecule has 2 aliphatic heterocycles. The molecule has 1 unspecified atom stereocenters. The van der Waals surface area contributed by atoms with Crippen molar-refractivity contribution in [1.29, 1.82) is 0 Å². The molecular formula is C16H25N5O. The summed E-state index contributed by atoms with van der Waals surface area (Å²) in [6, 6.07) is 4.20. The van der Waals surface area contributed by atoms with E-state index in [0.29, 0.717) is 6.04 Å². The maximum atomic E-state index is 12.7. The number of aromatic nitrogens is 1. The van der Waals surface area contributed by atoms with Gasteiger partial charge in [-0.05, 0) is 18.6 Å². The molecule has 1 aromatic heterocycles. The van der Waals surface area contributed by atoms with Gasteiger partial charge in [0.2, 0.25) is 0 Å². The average molecular weight is 303 g/mol. The molecule has 6 heteroatoms. The number of rotatable bonds is 3. The molecule has 1 amide bonds. The molecule has 0 aromatic carbocycles. The van der Waals surface area contributed by atoms with E-state index in [1.54, 1.807) is 6.20 Å². The topological polar surface area (TPSA) is 51.7 Å². The predicted molar refractivity (Wildman–Crippen MR) is 87.3 cm³/mol. The summed E-state index contributed by atoms with van der Waals surface area (Å²) in [6.45, 7) is 5.99. The number of carbonyl (C=O) groups excluding carboxylic acids is 1. The van der Waals surface area contributed by atoms with Crippen molar-refractivity contribution >= 4 is 11.7 Å². The molecule has 22 heavy (non-hydrogen) atoms. The van der Waals surface area contributed by atoms with Gasteiger partial charge < -0.3 is 15.1 Å². The van der Waals surface area contributed by atoms with Gasteiger partial charge in [-0.1, -0.05) is 0 Å². The van der Waals surface area contributed by atoms with Gasteiger partial charge in [-0.2, -0.15) is 0 Å². The molecule has 0 saturated carbocycles. The number of hydrogen-bond acceptors (Lipinski definition) is 5. The van der Waals surface area contributed by atoms with E-state index < -0.39 is 0 Å². The second kappa shape index (κ2) is 6.62. The van der Waals surface area contributed by atoms with Crippen molar-refractivity contribution in [3.63, 3.8) is 0 Å². The van der Waals surface area contributed by atoms with Crippen LogP contribution in [-0.2, 0) is 0 Å². The Morgan fingerprint density at radius 1 is 1.32 bits per heavy atom. The van der Waals surface area contributed by atoms with Crippen LogP contribution in [0.1, 0.15) is 16.8 Å². The Bertz CT molecular complexity index is 527. The van der Waals surface area contributed by atoms with Crippen molar-refractivity contribution in [3.8, 4) is 0 Å². The van der Waals surface area contributed by atoms with E-state index in [2.05, 4.69) is 15.2 Å². The zero-order valence-electron chi connectivity index (χ0n) is 13.5. The molecule has 1 aromatic rings. The molecular weight excluding hydrogens is 278 g/mol. The normalized spacial score (nSPS) is 22.8. The number of carbonyl (C=O) groups is 1. The van der Waals surface area contributed by atoms with Crippen molar-refractivity contribution in [2.45, 2.75) is 12.5 Å². The van der Waals surface area contributed by atoms with Gasteiger partial charge in [0, 0.05) is 71.2 Å². The highest BCUT2D eigenvalue weighted by Gasteiger charge is 2.31. The molecule has 0 radical (unpaired) electrons. The number of amides is 1. The van der Waals surface area contributed by atoms with Crippen LogP contribution < -0.4 is 10.2 Å². The third-order valence-corrected chi connectivity index (χ3v) is 4.57. The van der Waals surface area contributed by atoms with Gasteiger partial charge in [-0.3, -0.25) is 9.69 Å². The van der Waals surface area contributed by atoms with Crippen LogP contribution in [-0.4, -0.2) is 80.1 Å². The smallest absolute Gasteiger partial charge is 0.254 e. The summed E-state index contributed by atoms with van der Waals surface area (Å²) in [5.41, 5.74) is 0.736. The first-order valence-electron chi connectivity index (χ1n) is 8.02. The predicted octanol–water partition coefficient (Wildman–Crippen LogP) is 0.267. The lowest BCUT2D eigenvalue weighted by Crippen LogP contribution is -2.49. The summed E-state index contributed by atoms with van der Waals surface area (Å²) in [5.74, 6) is 0.951. The Kier molecular flexibility index (Phi) is 4.59. The summed E-state index contributed by atoms with van der Waals surface area (Å²) in [4.78, 5) is 23.4. The number of nitrogens with zero attached hydrogens (tertiary/aromatic N) is 4. The van der Waals surface area contributed by atoms with E-state index in [4.69, 9.17) is 0 Å². The van der Waals surface area contributed by atoms with E-state index in [-0.39, 0.29) is 5.91 Å². The van der Waals surface area contributed by atoms with Gasteiger partial charge in [0.05, 0.1) is 0 Å². The molecule has 1 N–H and O–H groups in total. The van der Waals surface area contributed by atoms with E-state index in [0.717, 1.165) is 57.1 Å². The van der Waals surface area contributed by atoms with Gasteiger partial charge >= 0.3 is 0 Å². The first-order valence-corrected chi connectivity index (χ1v) is 8.02. The van der Waals surface area contributed by atoms with E-state index in [9.17, 15) is 4.79 Å². The fraction of sp³-hybridized carbons (Fsp3) is 0.625. The highest BCUT2D eigenvalue weighted by atomic mass is 16.2. The number of piperazine rings is 1. The van der Waals surface area contributed by atoms with Crippen LogP contribution in [0.15, 0.2) is 18.3 Å². The minimum absolute atomic E-state index is 0.128. The van der Waals surface area contributed by atoms with Gasteiger partial charge in [-0.15, -0.1) is 0 Å². The summed E-state index contributed by atoms with van der Waals surface area (Å²) in [7, 11) is 3.87. The van der Waals surface area contributed by atoms with Crippen LogP contribution in [0.3, 0.4) is 0 Å². The second-order valence-electron chi connectivity index (χ2n) is 6.28. The van der Waals surface area contributed by atoms with Crippen molar-refractivity contribution in [2.75, 3.05) is 58.3 Å². The molecule has 0 spiro atoms. The van der Waals surface area contributed by atoms with E-state index in [1.807, 2.05) is 36.0 Å². The molecule has 3 heterocycles. The Hall–Kier alpha value is -1.66. The van der Waals surface area contributed by atoms with Crippen LogP contribution >= 0.6 is 0 Å². The van der Waals surface area contributed by atoms with Crippen molar-refractivity contribution in [3.05, 3.63) is 23.9 Å². The first-order chi connectivity index (χ1) is 10.6. The largest absolute Gasteiger partial charge is 0.363 e. The highest BCUT2D eigenvalue weighted by Crippen LogP contribution is 2.19. The number of pyridine rings is 1. The van der Waals surface area contributed by atoms with Gasteiger partial charge in [0.1, 0.15) is 5.82 Å². The minimum atomic E-state index is 0.128. The fourth-order valence-electron chi connectivity index (χ4n) is 3.25. The second-order valence-corrected chi connectivity index (χ2v) is 6.28. The zero-order valence-corrected chi connectivity index (χ0v) is 13.5. The summed E-state index contributed by atoms with van der Waals surface area (Å²) < 4.78 is 0. The van der Waals surface area contributed by atoms with Crippen LogP contribution in [0, 0.1) is 0 Å². The number of nitrogens with one attached hydrogen (secondary N) is 1. The Morgan fingerprint density at radius 2 is 2.09 bits per heavy atom. The number of hydrogen-bond donors (Lipinski definition) is 1. The molecule has 1 atom stereocenters. The molecule has 3 rings (SSSR count). The number of anilines is 1. The Morgan fingerprint density at radius 3 is 2.82 bits per heavy atom. The lowest BCUT2D eigenvalue weighted by Gasteiger charge is -2.32. The standard InChI is InChI=1S/C16H25N5O/c1-19(2)15-11-13(3-5-18-15)16(22)21-8-4-14(12-21)20-9-6-17-7-10-20/h3,5,11,14,17H,4,6-10,12H2,1-2H3. The van der Waals surface area contributed by atoms with Crippen LogP contribution in [0.25, 0.3) is 0 Å². The Balaban J connectivity index is 1.64. The SMILES string of the molecule is CN(C)c1cc(C(=O)N2CCC(N3CCNCC3)C2)ccn1. The third-order valence-electron chi connectivity index (χ3n) is 4.57. The molecule has 120 valence electrons. The van der Waals surface area contributed by atoms with E-state index >= 15 is 0 Å². The van der Waals surface area contributed by atoms with Crippen LogP contribution in [0.4, 0.5) is 5.82 Å². The minimum Gasteiger partial charge on any atom is -0.363 e. The molecule has 2 saturated heterocycles. The van der Waals surface area contributed by atoms with Crippen LogP contribution in [0.2, 0.25) is 0 Å². The van der Waals surface area contributed by atoms with Gasteiger partial charge in [0.15, 0.2) is 0 Å². The summed E-state index contributed by atoms with van der Waals surface area (Å²) in [6.07, 6.45) is 2.80. The van der Waals surface area contributed by atoms with E-state index in [1.165, 1.54) is 0 Å². The maximum absolute atomic E-state index is 12.7. The molecule has 0 aliphatic carbocycles. The highest BCUT2D eigenvalue weighted by molar-refractivity contribution is 5.95. The van der Waals surface area contributed by atoms with Crippen molar-refractivity contribution in [2.24, 2.45) is 0 Å². The maximum Gasteiger partial charge on any atom is 0.254 e. The number of likely N-dealkylation sites (tertiary alicyclic amines) is 1. The average Bonchev–Trinajstić information content (AvgIpc) is 3.05. The lowest BCUT2D eigenvalue weighted by molar-refractivity contribution is 0.0773. The summed E-state index contributed by atoms with van der Waals surface area (Å²) in [5, 5.41) is 3.38. The summed E-state index contributed by atoms with van der Waals surface area (Å²) >= 11 is 0. The van der Waals surface area contributed by atoms with Gasteiger partial charge in [0.25, 0.3) is 5.91 Å². The molecule has 6 nitrogen and oxygen atoms in total. The monoisotopic (exact) mass is 303 g/mol. The lowest BCUT2D eigenvalue weighted by atomic mass is 10.2. The molecule has 0 bridgehead atoms. The van der Waals surface area contributed by atoms with Crippen LogP contribution in [0.5, 0.6) is 0 Å². The Labute approximate surface area is 132 Å². The first kappa shape index (κ1) is 15.2. The fourth-order valence-corrected chi connectivity index (χ4v) is 3.25. The van der Waals surface area contributed by atoms with Gasteiger partial charge in [-0.25, -0.2) is 4.98 Å². The third kappa shape index (κ3) is 3.23. The van der Waals surface area contributed by atoms with Crippen molar-refractivity contribution in [1.82, 2.24) is 20.1 Å². The van der Waals surface area contributed by atoms with Crippen molar-refractivity contribution < 1.29 is 4.79 Å². The zero-order chi connectivity index (χ0) is 15.5. The quantitative estimate of drug-likeness (QED) is 0.868. The molecule has 2 fully saturated rings. The molecule has 2 aliphatic rings.